The molecule has 7 nitrogen and oxygen atoms in total. The lowest BCUT2D eigenvalue weighted by atomic mass is 9.97. The van der Waals surface area contributed by atoms with E-state index in [2.05, 4.69) is 10.6 Å². The van der Waals surface area contributed by atoms with Crippen molar-refractivity contribution >= 4 is 15.7 Å². The molecule has 2 rings (SSSR count). The van der Waals surface area contributed by atoms with E-state index in [1.165, 1.54) is 21.0 Å². The van der Waals surface area contributed by atoms with Crippen molar-refractivity contribution in [1.82, 2.24) is 10.6 Å². The zero-order chi connectivity index (χ0) is 22.7. The molecular weight excluding hydrogens is 425 g/mol. The number of hydrogen-bond donors (Lipinski definition) is 3. The van der Waals surface area contributed by atoms with Gasteiger partial charge < -0.3 is 20.5 Å². The van der Waals surface area contributed by atoms with Crippen LogP contribution in [0, 0.1) is 5.92 Å². The number of aliphatic hydroxyl groups is 1. The minimum absolute atomic E-state index is 0.0186. The van der Waals surface area contributed by atoms with Gasteiger partial charge in [-0.15, -0.1) is 0 Å². The number of carbonyl (C=O) groups is 1. The molecule has 1 heterocycles. The number of alkyl halides is 3. The number of aliphatic hydroxyl groups excluding tert-OH is 1. The minimum atomic E-state index is -4.88. The highest BCUT2D eigenvalue weighted by Crippen LogP contribution is 2.26. The Bertz CT molecular complexity index is 828. The predicted molar refractivity (Wildman–Crippen MR) is 105 cm³/mol. The van der Waals surface area contributed by atoms with Gasteiger partial charge in [0.15, 0.2) is 15.9 Å². The van der Waals surface area contributed by atoms with Crippen LogP contribution in [-0.2, 0) is 20.4 Å². The van der Waals surface area contributed by atoms with E-state index in [-0.39, 0.29) is 18.7 Å². The Balaban J connectivity index is 2.01. The molecule has 170 valence electrons. The number of nitrogens with one attached hydrogen (secondary N) is 2. The molecule has 1 aliphatic heterocycles. The Labute approximate surface area is 173 Å². The van der Waals surface area contributed by atoms with Gasteiger partial charge in [0.25, 0.3) is 0 Å². The highest BCUT2D eigenvalue weighted by Gasteiger charge is 2.46. The lowest BCUT2D eigenvalue weighted by Crippen LogP contribution is -2.55. The first-order valence-electron chi connectivity index (χ1n) is 9.48. The van der Waals surface area contributed by atoms with Crippen molar-refractivity contribution in [1.29, 1.82) is 0 Å². The molecule has 3 N–H and O–H groups in total. The minimum Gasteiger partial charge on any atom is -0.497 e. The Morgan fingerprint density at radius 2 is 1.90 bits per heavy atom. The number of rotatable bonds is 8. The quantitative estimate of drug-likeness (QED) is 0.551. The van der Waals surface area contributed by atoms with Crippen molar-refractivity contribution in [3.8, 4) is 5.75 Å². The second-order valence-electron chi connectivity index (χ2n) is 7.74. The summed E-state index contributed by atoms with van der Waals surface area (Å²) in [4.78, 5) is 12.4. The van der Waals surface area contributed by atoms with Gasteiger partial charge in [-0.1, -0.05) is 26.0 Å². The van der Waals surface area contributed by atoms with Gasteiger partial charge in [-0.3, -0.25) is 4.79 Å². The molecular formula is C19H27F3N2O5S. The van der Waals surface area contributed by atoms with Crippen molar-refractivity contribution in [2.24, 2.45) is 5.92 Å². The summed E-state index contributed by atoms with van der Waals surface area (Å²) < 4.78 is 69.0. The fourth-order valence-corrected chi connectivity index (χ4v) is 5.06. The van der Waals surface area contributed by atoms with Crippen LogP contribution in [0.4, 0.5) is 13.2 Å². The van der Waals surface area contributed by atoms with Crippen LogP contribution in [0.1, 0.15) is 25.8 Å². The summed E-state index contributed by atoms with van der Waals surface area (Å²) in [5, 5.41) is 13.7. The first kappa shape index (κ1) is 24.4. The molecule has 1 saturated heterocycles. The average molecular weight is 452 g/mol. The average Bonchev–Trinajstić information content (AvgIpc) is 3.16. The molecule has 0 aliphatic carbocycles. The molecule has 1 fully saturated rings. The van der Waals surface area contributed by atoms with E-state index in [0.717, 1.165) is 0 Å². The first-order chi connectivity index (χ1) is 13.8. The number of methoxy groups -OCH3 is 1. The van der Waals surface area contributed by atoms with Gasteiger partial charge in [-0.05, 0) is 30.0 Å². The number of hydrogen-bond acceptors (Lipinski definition) is 6. The number of carbonyl (C=O) groups excluding carboxylic acids is 1. The van der Waals surface area contributed by atoms with Crippen molar-refractivity contribution < 1.29 is 36.2 Å². The van der Waals surface area contributed by atoms with Gasteiger partial charge >= 0.3 is 6.18 Å². The van der Waals surface area contributed by atoms with Crippen LogP contribution in [0.15, 0.2) is 24.3 Å². The summed E-state index contributed by atoms with van der Waals surface area (Å²) in [5.41, 5.74) is 0.567. The van der Waals surface area contributed by atoms with E-state index < -0.39 is 51.3 Å². The molecule has 30 heavy (non-hydrogen) atoms. The van der Waals surface area contributed by atoms with Gasteiger partial charge in [0, 0.05) is 6.54 Å². The summed E-state index contributed by atoms with van der Waals surface area (Å²) in [6.45, 7) is 2.92. The van der Waals surface area contributed by atoms with Gasteiger partial charge in [0.1, 0.15) is 5.75 Å². The van der Waals surface area contributed by atoms with E-state index in [1.807, 2.05) is 0 Å². The monoisotopic (exact) mass is 452 g/mol. The van der Waals surface area contributed by atoms with E-state index >= 15 is 0 Å². The maximum absolute atomic E-state index is 12.9. The zero-order valence-corrected chi connectivity index (χ0v) is 17.8. The molecule has 0 spiro atoms. The molecule has 4 atom stereocenters. The molecule has 1 aliphatic rings. The molecule has 0 saturated carbocycles. The second-order valence-corrected chi connectivity index (χ2v) is 10.0. The molecule has 0 aromatic heterocycles. The molecule has 2 unspecified atom stereocenters. The zero-order valence-electron chi connectivity index (χ0n) is 16.9. The molecule has 1 aromatic carbocycles. The summed E-state index contributed by atoms with van der Waals surface area (Å²) in [7, 11) is -2.10. The molecule has 0 bridgehead atoms. The summed E-state index contributed by atoms with van der Waals surface area (Å²) in [6.07, 6.45) is -7.65. The van der Waals surface area contributed by atoms with E-state index in [1.54, 1.807) is 24.3 Å². The number of amides is 1. The molecule has 11 heteroatoms. The Morgan fingerprint density at radius 1 is 1.30 bits per heavy atom. The third-order valence-corrected chi connectivity index (χ3v) is 7.26. The van der Waals surface area contributed by atoms with E-state index in [0.29, 0.717) is 11.3 Å². The lowest BCUT2D eigenvalue weighted by Gasteiger charge is -2.29. The van der Waals surface area contributed by atoms with Gasteiger partial charge in [0.05, 0.1) is 30.2 Å². The van der Waals surface area contributed by atoms with Crippen LogP contribution in [0.3, 0.4) is 0 Å². The Morgan fingerprint density at radius 3 is 2.40 bits per heavy atom. The van der Waals surface area contributed by atoms with Crippen molar-refractivity contribution in [3.05, 3.63) is 29.8 Å². The lowest BCUT2D eigenvalue weighted by molar-refractivity contribution is -0.215. The Kier molecular flexibility index (Phi) is 7.75. The fourth-order valence-electron chi connectivity index (χ4n) is 3.33. The maximum atomic E-state index is 12.9. The topological polar surface area (TPSA) is 105 Å². The molecule has 1 aromatic rings. The summed E-state index contributed by atoms with van der Waals surface area (Å²) in [6, 6.07) is 4.07. The normalized spacial score (nSPS) is 22.0. The largest absolute Gasteiger partial charge is 0.497 e. The standard InChI is InChI=1S/C19H27F3N2O5S/c1-11(2)16(17(25)19(20,21)22)24-18(26)15-8-14(9-23-15)30(27,28)10-12-4-6-13(29-3)7-5-12/h4-7,11,14-17,23,25H,8-10H2,1-3H3,(H,24,26)/t14-,15+,16?,17?/m1/s1. The van der Waals surface area contributed by atoms with Crippen molar-refractivity contribution in [2.45, 2.75) is 55.6 Å². The van der Waals surface area contributed by atoms with E-state index in [9.17, 15) is 31.5 Å². The molecule has 0 radical (unpaired) electrons. The van der Waals surface area contributed by atoms with Crippen LogP contribution in [0.2, 0.25) is 0 Å². The van der Waals surface area contributed by atoms with Crippen molar-refractivity contribution in [2.75, 3.05) is 13.7 Å². The highest BCUT2D eigenvalue weighted by atomic mass is 32.2. The van der Waals surface area contributed by atoms with Crippen LogP contribution in [-0.4, -0.2) is 62.7 Å². The van der Waals surface area contributed by atoms with Crippen LogP contribution in [0.25, 0.3) is 0 Å². The third-order valence-electron chi connectivity index (χ3n) is 5.14. The number of benzene rings is 1. The van der Waals surface area contributed by atoms with Gasteiger partial charge in [-0.25, -0.2) is 8.42 Å². The Hall–Kier alpha value is -1.85. The van der Waals surface area contributed by atoms with Crippen LogP contribution >= 0.6 is 0 Å². The second kappa shape index (κ2) is 9.52. The van der Waals surface area contributed by atoms with E-state index in [4.69, 9.17) is 4.74 Å². The van der Waals surface area contributed by atoms with Crippen LogP contribution in [0.5, 0.6) is 5.75 Å². The molecule has 1 amide bonds. The summed E-state index contributed by atoms with van der Waals surface area (Å²) >= 11 is 0. The number of ether oxygens (including phenoxy) is 1. The first-order valence-corrected chi connectivity index (χ1v) is 11.2. The van der Waals surface area contributed by atoms with Gasteiger partial charge in [0.2, 0.25) is 5.91 Å². The van der Waals surface area contributed by atoms with Crippen molar-refractivity contribution in [3.63, 3.8) is 0 Å². The predicted octanol–water partition coefficient (Wildman–Crippen LogP) is 1.40. The van der Waals surface area contributed by atoms with Crippen LogP contribution < -0.4 is 15.4 Å². The summed E-state index contributed by atoms with van der Waals surface area (Å²) in [5.74, 6) is -1.07. The number of halogens is 3. The fraction of sp³-hybridized carbons (Fsp3) is 0.632. The maximum Gasteiger partial charge on any atom is 0.416 e. The SMILES string of the molecule is COc1ccc(CS(=O)(=O)[C@H]2CN[C@H](C(=O)NC(C(C)C)C(O)C(F)(F)F)C2)cc1. The third kappa shape index (κ3) is 6.08. The highest BCUT2D eigenvalue weighted by molar-refractivity contribution is 7.91. The number of sulfone groups is 1. The van der Waals surface area contributed by atoms with Gasteiger partial charge in [-0.2, -0.15) is 13.2 Å². The smallest absolute Gasteiger partial charge is 0.416 e.